The molecule has 2 aliphatic rings. The molecule has 2 aromatic rings. The largest absolute Gasteiger partial charge is 0.434 e. The number of amides is 1. The van der Waals surface area contributed by atoms with Gasteiger partial charge in [0.25, 0.3) is 5.91 Å². The lowest BCUT2D eigenvalue weighted by atomic mass is 10.0. The molecule has 2 fully saturated rings. The Balaban J connectivity index is 0.00000140. The number of halogens is 6. The maximum Gasteiger partial charge on any atom is 0.434 e. The van der Waals surface area contributed by atoms with Gasteiger partial charge >= 0.3 is 6.18 Å². The van der Waals surface area contributed by atoms with Crippen molar-refractivity contribution in [1.29, 1.82) is 0 Å². The number of carbonyl (C=O) groups excluding carboxylic acids is 1. The van der Waals surface area contributed by atoms with Crippen molar-refractivity contribution < 1.29 is 18.0 Å². The Hall–Kier alpha value is -1.55. The minimum atomic E-state index is -4.78. The summed E-state index contributed by atoms with van der Waals surface area (Å²) < 4.78 is 41.8. The lowest BCUT2D eigenvalue weighted by Crippen LogP contribution is -2.33. The Morgan fingerprint density at radius 2 is 1.86 bits per heavy atom. The monoisotopic (exact) mass is 457 g/mol. The van der Waals surface area contributed by atoms with Gasteiger partial charge in [0, 0.05) is 32.4 Å². The fourth-order valence-electron chi connectivity index (χ4n) is 3.66. The lowest BCUT2D eigenvalue weighted by molar-refractivity contribution is -0.143. The lowest BCUT2D eigenvalue weighted by Gasteiger charge is -2.19. The Labute approximate surface area is 176 Å². The molecule has 0 radical (unpaired) electrons. The second-order valence-corrected chi connectivity index (χ2v) is 6.92. The van der Waals surface area contributed by atoms with E-state index in [1.54, 1.807) is 0 Å². The summed E-state index contributed by atoms with van der Waals surface area (Å²) in [5, 5.41) is 7.02. The van der Waals surface area contributed by atoms with Crippen molar-refractivity contribution in [2.24, 2.45) is 11.8 Å². The van der Waals surface area contributed by atoms with E-state index in [0.717, 1.165) is 19.3 Å². The van der Waals surface area contributed by atoms with Crippen LogP contribution in [0.4, 0.5) is 13.2 Å². The molecule has 1 amide bonds. The molecule has 0 unspecified atom stereocenters. The second kappa shape index (κ2) is 8.44. The van der Waals surface area contributed by atoms with Crippen LogP contribution in [0.15, 0.2) is 24.5 Å². The molecule has 154 valence electrons. The average molecular weight is 459 g/mol. The Morgan fingerprint density at radius 1 is 1.21 bits per heavy atom. The smallest absolute Gasteiger partial charge is 0.338 e. The van der Waals surface area contributed by atoms with Crippen LogP contribution in [0.2, 0.25) is 5.02 Å². The topological polar surface area (TPSA) is 63.1 Å². The van der Waals surface area contributed by atoms with Crippen LogP contribution in [0.25, 0.3) is 5.82 Å². The number of alkyl halides is 3. The number of carbonyl (C=O) groups is 1. The van der Waals surface area contributed by atoms with Gasteiger partial charge in [-0.05, 0) is 24.0 Å². The quantitative estimate of drug-likeness (QED) is 0.751. The third kappa shape index (κ3) is 3.94. The van der Waals surface area contributed by atoms with Crippen molar-refractivity contribution in [3.8, 4) is 5.82 Å². The summed E-state index contributed by atoms with van der Waals surface area (Å²) in [5.41, 5.74) is -1.63. The molecule has 2 saturated heterocycles. The molecule has 0 aromatic carbocycles. The van der Waals surface area contributed by atoms with E-state index in [9.17, 15) is 18.0 Å². The highest BCUT2D eigenvalue weighted by molar-refractivity contribution is 6.32. The fraction of sp³-hybridized carbons (Fsp3) is 0.438. The average Bonchev–Trinajstić information content (AvgIpc) is 3.27. The van der Waals surface area contributed by atoms with Gasteiger partial charge in [0.15, 0.2) is 11.5 Å². The van der Waals surface area contributed by atoms with E-state index in [4.69, 9.17) is 11.6 Å². The van der Waals surface area contributed by atoms with Crippen molar-refractivity contribution in [2.45, 2.75) is 6.18 Å². The van der Waals surface area contributed by atoms with E-state index in [2.05, 4.69) is 15.4 Å². The van der Waals surface area contributed by atoms with Gasteiger partial charge in [-0.1, -0.05) is 11.6 Å². The highest BCUT2D eigenvalue weighted by atomic mass is 35.5. The molecule has 4 rings (SSSR count). The number of nitrogens with one attached hydrogen (secondary N) is 1. The fourth-order valence-corrected chi connectivity index (χ4v) is 3.86. The summed E-state index contributed by atoms with van der Waals surface area (Å²) in [6, 6.07) is 2.92. The molecule has 28 heavy (non-hydrogen) atoms. The first-order valence-corrected chi connectivity index (χ1v) is 8.50. The van der Waals surface area contributed by atoms with Crippen molar-refractivity contribution in [2.75, 3.05) is 26.2 Å². The summed E-state index contributed by atoms with van der Waals surface area (Å²) in [4.78, 5) is 18.1. The van der Waals surface area contributed by atoms with Crippen LogP contribution in [-0.4, -0.2) is 51.8 Å². The van der Waals surface area contributed by atoms with Crippen LogP contribution in [0, 0.1) is 11.8 Å². The molecule has 2 atom stereocenters. The molecule has 2 aliphatic heterocycles. The number of likely N-dealkylation sites (tertiary alicyclic amines) is 1. The molecule has 12 heteroatoms. The zero-order chi connectivity index (χ0) is 18.5. The first-order valence-electron chi connectivity index (χ1n) is 8.12. The number of aromatic nitrogens is 3. The van der Waals surface area contributed by atoms with E-state index in [1.807, 2.05) is 0 Å². The zero-order valence-corrected chi connectivity index (χ0v) is 16.7. The van der Waals surface area contributed by atoms with Gasteiger partial charge < -0.3 is 10.2 Å². The normalized spacial score (nSPS) is 21.1. The Morgan fingerprint density at radius 3 is 2.43 bits per heavy atom. The third-order valence-corrected chi connectivity index (χ3v) is 5.18. The summed E-state index contributed by atoms with van der Waals surface area (Å²) >= 11 is 5.97. The molecule has 6 nitrogen and oxygen atoms in total. The van der Waals surface area contributed by atoms with Gasteiger partial charge in [-0.15, -0.1) is 24.8 Å². The summed E-state index contributed by atoms with van der Waals surface area (Å²) in [6.45, 7) is 2.46. The van der Waals surface area contributed by atoms with Gasteiger partial charge in [-0.2, -0.15) is 18.3 Å². The van der Waals surface area contributed by atoms with Crippen LogP contribution in [0.3, 0.4) is 0 Å². The predicted molar refractivity (Wildman–Crippen MR) is 102 cm³/mol. The van der Waals surface area contributed by atoms with Crippen LogP contribution in [0.1, 0.15) is 16.1 Å². The molecular weight excluding hydrogens is 442 g/mol. The minimum Gasteiger partial charge on any atom is -0.338 e. The molecular formula is C16H17Cl3F3N5O. The molecule has 4 heterocycles. The van der Waals surface area contributed by atoms with Crippen molar-refractivity contribution in [3.63, 3.8) is 0 Å². The van der Waals surface area contributed by atoms with Gasteiger partial charge in [-0.25, -0.2) is 9.67 Å². The van der Waals surface area contributed by atoms with Gasteiger partial charge in [0.2, 0.25) is 0 Å². The Bertz CT molecular complexity index is 848. The van der Waals surface area contributed by atoms with Gasteiger partial charge in [-0.3, -0.25) is 4.79 Å². The van der Waals surface area contributed by atoms with E-state index >= 15 is 0 Å². The van der Waals surface area contributed by atoms with Crippen LogP contribution in [-0.2, 0) is 6.18 Å². The van der Waals surface area contributed by atoms with E-state index in [0.29, 0.717) is 17.8 Å². The van der Waals surface area contributed by atoms with Crippen molar-refractivity contribution in [3.05, 3.63) is 40.8 Å². The molecule has 0 spiro atoms. The Kier molecular flexibility index (Phi) is 6.86. The van der Waals surface area contributed by atoms with Crippen LogP contribution >= 0.6 is 36.4 Å². The first kappa shape index (κ1) is 22.7. The van der Waals surface area contributed by atoms with Crippen molar-refractivity contribution >= 4 is 42.3 Å². The maximum absolute atomic E-state index is 13.7. The molecule has 0 aliphatic carbocycles. The highest BCUT2D eigenvalue weighted by Crippen LogP contribution is 2.36. The van der Waals surface area contributed by atoms with Crippen molar-refractivity contribution in [1.82, 2.24) is 25.0 Å². The maximum atomic E-state index is 13.7. The minimum absolute atomic E-state index is 0. The summed E-state index contributed by atoms with van der Waals surface area (Å²) in [5.74, 6) is -0.254. The van der Waals surface area contributed by atoms with Crippen LogP contribution in [0.5, 0.6) is 0 Å². The zero-order valence-electron chi connectivity index (χ0n) is 14.3. The number of hydrogen-bond acceptors (Lipinski definition) is 4. The third-order valence-electron chi connectivity index (χ3n) is 4.88. The second-order valence-electron chi connectivity index (χ2n) is 6.51. The standard InChI is InChI=1S/C16H15ClF3N5O.2ClH/c17-12-2-1-3-22-14(12)25-13(16(18,19)20)11(6-23-25)15(26)24-7-9-4-21-5-10(9)8-24;;/h1-3,6,9-10,21H,4-5,7-8H2;2*1H/t9-,10+;;. The van der Waals surface area contributed by atoms with Gasteiger partial charge in [0.1, 0.15) is 0 Å². The number of rotatable bonds is 2. The highest BCUT2D eigenvalue weighted by Gasteiger charge is 2.44. The molecule has 2 aromatic heterocycles. The molecule has 0 saturated carbocycles. The summed E-state index contributed by atoms with van der Waals surface area (Å²) in [6.07, 6.45) is -2.51. The van der Waals surface area contributed by atoms with Crippen LogP contribution < -0.4 is 5.32 Å². The number of nitrogens with zero attached hydrogens (tertiary/aromatic N) is 4. The molecule has 1 N–H and O–H groups in total. The number of pyridine rings is 1. The predicted octanol–water partition coefficient (Wildman–Crippen LogP) is 3.07. The van der Waals surface area contributed by atoms with Gasteiger partial charge in [0.05, 0.1) is 16.8 Å². The summed E-state index contributed by atoms with van der Waals surface area (Å²) in [7, 11) is 0. The van der Waals surface area contributed by atoms with E-state index in [-0.39, 0.29) is 47.5 Å². The molecule has 0 bridgehead atoms. The van der Waals surface area contributed by atoms with E-state index in [1.165, 1.54) is 23.2 Å². The number of hydrogen-bond donors (Lipinski definition) is 1. The van der Waals surface area contributed by atoms with E-state index < -0.39 is 23.3 Å². The SMILES string of the molecule is Cl.Cl.O=C(c1cnn(-c2ncccc2Cl)c1C(F)(F)F)N1C[C@H]2CNC[C@H]2C1. The number of fused-ring (bicyclic) bond motifs is 1. The first-order chi connectivity index (χ1) is 12.4.